The standard InChI is InChI=1S/C5H9N3O2/c6-2-1-3-8-5(10)4(7)9/h1-2H,3,6H2,(H2,7,9)(H,8,10). The Morgan fingerprint density at radius 3 is 2.50 bits per heavy atom. The summed E-state index contributed by atoms with van der Waals surface area (Å²) in [5.41, 5.74) is 9.55. The fourth-order valence-corrected chi connectivity index (χ4v) is 0.307. The maximum atomic E-state index is 10.4. The molecule has 0 saturated carbocycles. The molecule has 5 heteroatoms. The number of nitrogens with one attached hydrogen (secondary N) is 1. The van der Waals surface area contributed by atoms with Crippen molar-refractivity contribution in [3.63, 3.8) is 0 Å². The summed E-state index contributed by atoms with van der Waals surface area (Å²) < 4.78 is 0. The molecule has 10 heavy (non-hydrogen) atoms. The Kier molecular flexibility index (Phi) is 3.70. The highest BCUT2D eigenvalue weighted by atomic mass is 16.2. The van der Waals surface area contributed by atoms with Crippen LogP contribution < -0.4 is 16.8 Å². The Morgan fingerprint density at radius 1 is 1.50 bits per heavy atom. The van der Waals surface area contributed by atoms with E-state index in [2.05, 4.69) is 11.1 Å². The van der Waals surface area contributed by atoms with Crippen molar-refractivity contribution in [1.29, 1.82) is 0 Å². The molecule has 56 valence electrons. The number of hydrogen-bond acceptors (Lipinski definition) is 3. The summed E-state index contributed by atoms with van der Waals surface area (Å²) in [7, 11) is 0. The molecule has 0 aromatic heterocycles. The van der Waals surface area contributed by atoms with Crippen molar-refractivity contribution < 1.29 is 9.59 Å². The smallest absolute Gasteiger partial charge is 0.309 e. The molecule has 0 atom stereocenters. The molecule has 0 saturated heterocycles. The first kappa shape index (κ1) is 8.48. The third-order valence-electron chi connectivity index (χ3n) is 0.740. The van der Waals surface area contributed by atoms with Gasteiger partial charge in [0.25, 0.3) is 0 Å². The average molecular weight is 143 g/mol. The number of amides is 2. The Balaban J connectivity index is 3.50. The van der Waals surface area contributed by atoms with Crippen molar-refractivity contribution in [1.82, 2.24) is 5.32 Å². The van der Waals surface area contributed by atoms with Gasteiger partial charge in [-0.15, -0.1) is 0 Å². The molecule has 0 aromatic carbocycles. The van der Waals surface area contributed by atoms with E-state index in [0.29, 0.717) is 0 Å². The second-order valence-corrected chi connectivity index (χ2v) is 1.50. The first-order valence-corrected chi connectivity index (χ1v) is 2.63. The van der Waals surface area contributed by atoms with Gasteiger partial charge in [-0.05, 0) is 12.3 Å². The maximum Gasteiger partial charge on any atom is 0.309 e. The molecule has 0 aliphatic rings. The Labute approximate surface area is 58.1 Å². The van der Waals surface area contributed by atoms with E-state index in [4.69, 9.17) is 5.73 Å². The lowest BCUT2D eigenvalue weighted by Crippen LogP contribution is -2.35. The van der Waals surface area contributed by atoms with Crippen LogP contribution in [0.5, 0.6) is 0 Å². The van der Waals surface area contributed by atoms with Gasteiger partial charge in [0.15, 0.2) is 0 Å². The van der Waals surface area contributed by atoms with Gasteiger partial charge in [0.2, 0.25) is 0 Å². The number of carbonyl (C=O) groups excluding carboxylic acids is 2. The summed E-state index contributed by atoms with van der Waals surface area (Å²) in [6.07, 6.45) is 2.75. The zero-order valence-corrected chi connectivity index (χ0v) is 5.33. The molecular weight excluding hydrogens is 134 g/mol. The van der Waals surface area contributed by atoms with E-state index in [1.54, 1.807) is 0 Å². The summed E-state index contributed by atoms with van der Waals surface area (Å²) in [6, 6.07) is 0. The predicted molar refractivity (Wildman–Crippen MR) is 35.5 cm³/mol. The van der Waals surface area contributed by atoms with Crippen LogP contribution in [-0.2, 0) is 9.59 Å². The molecule has 0 bridgehead atoms. The minimum absolute atomic E-state index is 0.221. The summed E-state index contributed by atoms with van der Waals surface area (Å²) in [4.78, 5) is 20.4. The van der Waals surface area contributed by atoms with Gasteiger partial charge in [-0.1, -0.05) is 0 Å². The zero-order valence-electron chi connectivity index (χ0n) is 5.33. The molecule has 0 aliphatic heterocycles. The second-order valence-electron chi connectivity index (χ2n) is 1.50. The summed E-state index contributed by atoms with van der Waals surface area (Å²) >= 11 is 0. The van der Waals surface area contributed by atoms with Crippen LogP contribution in [0.25, 0.3) is 0 Å². The van der Waals surface area contributed by atoms with Gasteiger partial charge in [-0.3, -0.25) is 9.59 Å². The largest absolute Gasteiger partial charge is 0.405 e. The maximum absolute atomic E-state index is 10.4. The van der Waals surface area contributed by atoms with Crippen molar-refractivity contribution in [2.75, 3.05) is 6.54 Å². The van der Waals surface area contributed by atoms with Gasteiger partial charge in [0.1, 0.15) is 0 Å². The average Bonchev–Trinajstić information content (AvgIpc) is 1.88. The van der Waals surface area contributed by atoms with E-state index >= 15 is 0 Å². The third kappa shape index (κ3) is 3.48. The summed E-state index contributed by atoms with van der Waals surface area (Å²) in [6.45, 7) is 0.221. The molecule has 0 aliphatic carbocycles. The van der Waals surface area contributed by atoms with Crippen molar-refractivity contribution in [2.24, 2.45) is 11.5 Å². The minimum Gasteiger partial charge on any atom is -0.405 e. The lowest BCUT2D eigenvalue weighted by atomic mass is 10.5. The molecule has 5 N–H and O–H groups in total. The Hall–Kier alpha value is -1.52. The fraction of sp³-hybridized carbons (Fsp3) is 0.200. The van der Waals surface area contributed by atoms with Gasteiger partial charge in [-0.25, -0.2) is 0 Å². The predicted octanol–water partition coefficient (Wildman–Crippen LogP) is -1.94. The van der Waals surface area contributed by atoms with Crippen molar-refractivity contribution >= 4 is 11.8 Å². The second kappa shape index (κ2) is 4.37. The highest BCUT2D eigenvalue weighted by Crippen LogP contribution is 1.64. The summed E-state index contributed by atoms with van der Waals surface area (Å²) in [5, 5.41) is 2.20. The van der Waals surface area contributed by atoms with Gasteiger partial charge in [-0.2, -0.15) is 0 Å². The zero-order chi connectivity index (χ0) is 7.98. The molecule has 5 nitrogen and oxygen atoms in total. The van der Waals surface area contributed by atoms with Crippen molar-refractivity contribution in [3.05, 3.63) is 12.3 Å². The molecule has 0 rings (SSSR count). The molecule has 0 spiro atoms. The number of rotatable bonds is 2. The lowest BCUT2D eigenvalue weighted by molar-refractivity contribution is -0.137. The van der Waals surface area contributed by atoms with Crippen LogP contribution in [0, 0.1) is 0 Å². The molecule has 2 amide bonds. The van der Waals surface area contributed by atoms with Crippen LogP contribution >= 0.6 is 0 Å². The fourth-order valence-electron chi connectivity index (χ4n) is 0.307. The van der Waals surface area contributed by atoms with Gasteiger partial charge in [0.05, 0.1) is 0 Å². The number of carbonyl (C=O) groups is 2. The first-order valence-electron chi connectivity index (χ1n) is 2.63. The molecule has 0 aromatic rings. The highest BCUT2D eigenvalue weighted by Gasteiger charge is 2.04. The van der Waals surface area contributed by atoms with E-state index in [0.717, 1.165) is 0 Å². The van der Waals surface area contributed by atoms with Crippen LogP contribution in [0.15, 0.2) is 12.3 Å². The first-order chi connectivity index (χ1) is 4.68. The van der Waals surface area contributed by atoms with E-state index in [-0.39, 0.29) is 6.54 Å². The summed E-state index contributed by atoms with van der Waals surface area (Å²) in [5.74, 6) is -1.80. The van der Waals surface area contributed by atoms with Crippen LogP contribution in [0.3, 0.4) is 0 Å². The number of hydrogen-bond donors (Lipinski definition) is 3. The van der Waals surface area contributed by atoms with E-state index in [1.807, 2.05) is 0 Å². The van der Waals surface area contributed by atoms with Gasteiger partial charge < -0.3 is 16.8 Å². The molecule has 0 fully saturated rings. The van der Waals surface area contributed by atoms with Gasteiger partial charge >= 0.3 is 11.8 Å². The monoisotopic (exact) mass is 143 g/mol. The highest BCUT2D eigenvalue weighted by molar-refractivity contribution is 6.34. The molecular formula is C5H9N3O2. The quantitative estimate of drug-likeness (QED) is 0.392. The van der Waals surface area contributed by atoms with Crippen molar-refractivity contribution in [3.8, 4) is 0 Å². The third-order valence-corrected chi connectivity index (χ3v) is 0.740. The van der Waals surface area contributed by atoms with Crippen molar-refractivity contribution in [2.45, 2.75) is 0 Å². The number of nitrogens with two attached hydrogens (primary N) is 2. The normalized spacial score (nSPS) is 9.60. The lowest BCUT2D eigenvalue weighted by Gasteiger charge is -1.94. The van der Waals surface area contributed by atoms with Crippen LogP contribution in [-0.4, -0.2) is 18.4 Å². The molecule has 0 unspecified atom stereocenters. The Bertz CT molecular complexity index is 164. The topological polar surface area (TPSA) is 98.2 Å². The van der Waals surface area contributed by atoms with Gasteiger partial charge in [0, 0.05) is 6.54 Å². The van der Waals surface area contributed by atoms with E-state index < -0.39 is 11.8 Å². The van der Waals surface area contributed by atoms with Crippen LogP contribution in [0.2, 0.25) is 0 Å². The number of primary amides is 1. The molecule has 0 radical (unpaired) electrons. The SMILES string of the molecule is NC=CCNC(=O)C(N)=O. The minimum atomic E-state index is -0.995. The van der Waals surface area contributed by atoms with E-state index in [9.17, 15) is 9.59 Å². The van der Waals surface area contributed by atoms with Crippen LogP contribution in [0.4, 0.5) is 0 Å². The Morgan fingerprint density at radius 2 is 2.10 bits per heavy atom. The van der Waals surface area contributed by atoms with E-state index in [1.165, 1.54) is 12.3 Å². The molecule has 0 heterocycles. The van der Waals surface area contributed by atoms with Crippen LogP contribution in [0.1, 0.15) is 0 Å².